The van der Waals surface area contributed by atoms with Crippen molar-refractivity contribution in [3.63, 3.8) is 0 Å². The van der Waals surface area contributed by atoms with E-state index in [0.29, 0.717) is 6.42 Å². The van der Waals surface area contributed by atoms with Crippen LogP contribution in [0, 0.1) is 23.7 Å². The van der Waals surface area contributed by atoms with E-state index in [9.17, 15) is 24.3 Å². The Labute approximate surface area is 260 Å². The number of ketones is 2. The van der Waals surface area contributed by atoms with Gasteiger partial charge < -0.3 is 38.4 Å². The number of Topliss-reactive ketones (excluding diaryl/α,β-unsaturated/α-hetero) is 2. The van der Waals surface area contributed by atoms with Crippen LogP contribution in [0.25, 0.3) is 0 Å². The number of esters is 1. The number of likely N-dealkylation sites (N-methyl/N-ethyl adjacent to an activating group) is 1. The zero-order valence-corrected chi connectivity index (χ0v) is 27.7. The molecule has 12 heteroatoms. The van der Waals surface area contributed by atoms with E-state index in [1.807, 2.05) is 25.9 Å². The van der Waals surface area contributed by atoms with Crippen LogP contribution in [-0.4, -0.2) is 108 Å². The summed E-state index contributed by atoms with van der Waals surface area (Å²) in [5, 5.41) is 11.3. The third kappa shape index (κ3) is 7.20. The summed E-state index contributed by atoms with van der Waals surface area (Å²) in [6.45, 7) is 17.0. The van der Waals surface area contributed by atoms with Crippen molar-refractivity contribution in [1.82, 2.24) is 4.90 Å². The summed E-state index contributed by atoms with van der Waals surface area (Å²) < 4.78 is 35.5. The quantitative estimate of drug-likeness (QED) is 0.263. The highest BCUT2D eigenvalue weighted by Gasteiger charge is 2.58. The van der Waals surface area contributed by atoms with Gasteiger partial charge in [0.25, 0.3) is 0 Å². The lowest BCUT2D eigenvalue weighted by molar-refractivity contribution is -0.296. The summed E-state index contributed by atoms with van der Waals surface area (Å²) in [5.74, 6) is -5.27. The Bertz CT molecular complexity index is 1100. The highest BCUT2D eigenvalue weighted by molar-refractivity contribution is 6.00. The zero-order valence-electron chi connectivity index (χ0n) is 27.7. The van der Waals surface area contributed by atoms with Crippen molar-refractivity contribution in [1.29, 1.82) is 0 Å². The van der Waals surface area contributed by atoms with Crippen molar-refractivity contribution in [2.24, 2.45) is 23.7 Å². The van der Waals surface area contributed by atoms with Crippen LogP contribution >= 0.6 is 0 Å². The second-order valence-corrected chi connectivity index (χ2v) is 13.4. The van der Waals surface area contributed by atoms with Crippen LogP contribution in [0.5, 0.6) is 0 Å². The molecule has 0 bridgehead atoms. The molecule has 12 nitrogen and oxygen atoms in total. The molecule has 3 saturated heterocycles. The molecule has 3 rings (SSSR count). The molecule has 3 aliphatic heterocycles. The van der Waals surface area contributed by atoms with E-state index in [1.54, 1.807) is 40.7 Å². The van der Waals surface area contributed by atoms with Crippen LogP contribution in [0.1, 0.15) is 68.2 Å². The van der Waals surface area contributed by atoms with Gasteiger partial charge in [-0.15, -0.1) is 6.58 Å². The number of fused-ring (bicyclic) bond motifs is 1. The second kappa shape index (κ2) is 13.9. The summed E-state index contributed by atoms with van der Waals surface area (Å²) in [5.41, 5.74) is -2.77. The standard InChI is InChI=1S/C32H51NO11/c1-12-13-39-31(8)15-16(2)23(34)18(4)27-32(9,44-30(38)43-27)21(7)41-28(37)20(6)24(35)19(5)26(31)42-29-25(36)22(33(10)11)14-17(3)40-29/h12,16-22,25-27,29,36H,1,13-15H2,2-11H3/t16-,17-,18-,19+,20-,21+,22+,25-,26-,27-,29+,31+,32-/m1/s1. The van der Waals surface area contributed by atoms with Crippen LogP contribution in [-0.2, 0) is 42.8 Å². The Hall–Kier alpha value is -2.38. The average molecular weight is 626 g/mol. The first-order valence-electron chi connectivity index (χ1n) is 15.5. The van der Waals surface area contributed by atoms with Crippen molar-refractivity contribution in [2.75, 3.05) is 20.7 Å². The third-order valence-electron chi connectivity index (χ3n) is 9.66. The lowest BCUT2D eigenvalue weighted by Gasteiger charge is -2.47. The van der Waals surface area contributed by atoms with Gasteiger partial charge in [-0.2, -0.15) is 0 Å². The van der Waals surface area contributed by atoms with Gasteiger partial charge >= 0.3 is 12.1 Å². The zero-order chi connectivity index (χ0) is 33.3. The van der Waals surface area contributed by atoms with Crippen molar-refractivity contribution < 1.29 is 52.7 Å². The smallest absolute Gasteiger partial charge is 0.458 e. The summed E-state index contributed by atoms with van der Waals surface area (Å²) in [6, 6.07) is -0.281. The lowest BCUT2D eigenvalue weighted by atomic mass is 9.74. The maximum atomic E-state index is 14.0. The molecular formula is C32H51NO11. The minimum absolute atomic E-state index is 0.0692. The van der Waals surface area contributed by atoms with Crippen molar-refractivity contribution >= 4 is 23.7 Å². The molecule has 0 aromatic carbocycles. The molecule has 13 atom stereocenters. The summed E-state index contributed by atoms with van der Waals surface area (Å²) >= 11 is 0. The Balaban J connectivity index is 2.12. The maximum absolute atomic E-state index is 14.0. The molecular weight excluding hydrogens is 574 g/mol. The molecule has 0 aromatic rings. The number of aliphatic hydroxyl groups excluding tert-OH is 1. The summed E-state index contributed by atoms with van der Waals surface area (Å²) in [4.78, 5) is 55.5. The highest BCUT2D eigenvalue weighted by atomic mass is 16.8. The first kappa shape index (κ1) is 36.1. The Kier molecular flexibility index (Phi) is 11.4. The molecule has 0 spiro atoms. The average Bonchev–Trinajstić information content (AvgIpc) is 3.28. The Morgan fingerprint density at radius 3 is 2.23 bits per heavy atom. The van der Waals surface area contributed by atoms with Gasteiger partial charge in [-0.1, -0.05) is 26.8 Å². The molecule has 3 aliphatic rings. The summed E-state index contributed by atoms with van der Waals surface area (Å²) in [7, 11) is 3.71. The molecule has 0 radical (unpaired) electrons. The number of cyclic esters (lactones) is 1. The van der Waals surface area contributed by atoms with Gasteiger partial charge in [-0.25, -0.2) is 4.79 Å². The molecule has 0 unspecified atom stereocenters. The lowest BCUT2D eigenvalue weighted by Crippen LogP contribution is -2.59. The second-order valence-electron chi connectivity index (χ2n) is 13.4. The molecule has 3 fully saturated rings. The number of ether oxygens (including phenoxy) is 6. The topological polar surface area (TPSA) is 147 Å². The monoisotopic (exact) mass is 625 g/mol. The van der Waals surface area contributed by atoms with E-state index in [4.69, 9.17) is 28.4 Å². The number of aliphatic hydroxyl groups is 1. The Morgan fingerprint density at radius 2 is 1.64 bits per heavy atom. The minimum atomic E-state index is -1.47. The van der Waals surface area contributed by atoms with E-state index in [0.717, 1.165) is 0 Å². The first-order chi connectivity index (χ1) is 20.4. The number of carbonyl (C=O) groups excluding carboxylic acids is 4. The fourth-order valence-corrected chi connectivity index (χ4v) is 6.85. The molecule has 1 N–H and O–H groups in total. The van der Waals surface area contributed by atoms with Crippen LogP contribution < -0.4 is 0 Å². The number of hydrogen-bond acceptors (Lipinski definition) is 12. The van der Waals surface area contributed by atoms with Crippen molar-refractivity contribution in [2.45, 2.75) is 122 Å². The molecule has 0 saturated carbocycles. The summed E-state index contributed by atoms with van der Waals surface area (Å²) in [6.07, 6.45) is -4.36. The molecule has 44 heavy (non-hydrogen) atoms. The maximum Gasteiger partial charge on any atom is 0.509 e. The van der Waals surface area contributed by atoms with Gasteiger partial charge in [0.05, 0.1) is 30.3 Å². The number of hydrogen-bond donors (Lipinski definition) is 1. The highest BCUT2D eigenvalue weighted by Crippen LogP contribution is 2.41. The predicted molar refractivity (Wildman–Crippen MR) is 158 cm³/mol. The minimum Gasteiger partial charge on any atom is -0.458 e. The number of carbonyl (C=O) groups is 4. The molecule has 0 amide bonds. The van der Waals surface area contributed by atoms with Gasteiger partial charge in [0.15, 0.2) is 23.8 Å². The van der Waals surface area contributed by atoms with Crippen LogP contribution in [0.3, 0.4) is 0 Å². The fourth-order valence-electron chi connectivity index (χ4n) is 6.85. The third-order valence-corrected chi connectivity index (χ3v) is 9.66. The van der Waals surface area contributed by atoms with Crippen LogP contribution in [0.4, 0.5) is 4.79 Å². The van der Waals surface area contributed by atoms with Gasteiger partial charge in [0.1, 0.15) is 23.9 Å². The van der Waals surface area contributed by atoms with Gasteiger partial charge in [-0.05, 0) is 61.6 Å². The fraction of sp³-hybridized carbons (Fsp3) is 0.812. The number of rotatable bonds is 6. The molecule has 0 aromatic heterocycles. The normalized spacial score (nSPS) is 44.3. The van der Waals surface area contributed by atoms with E-state index in [-0.39, 0.29) is 31.0 Å². The molecule has 0 aliphatic carbocycles. The SMILES string of the molecule is C=CCO[C@@]1(C)C[C@@H](C)C(=O)[C@@H](C)[C@H]2OC(=O)O[C@]2(C)[C@H](C)OC(=O)[C@H](C)C(=O)[C@H](C)[C@H]1O[C@@H]1O[C@H](C)C[C@H](N(C)C)[C@H]1O. The largest absolute Gasteiger partial charge is 0.509 e. The molecule has 250 valence electrons. The number of nitrogens with zero attached hydrogens (tertiary/aromatic N) is 1. The van der Waals surface area contributed by atoms with E-state index < -0.39 is 83.5 Å². The van der Waals surface area contributed by atoms with Crippen LogP contribution in [0.15, 0.2) is 12.7 Å². The van der Waals surface area contributed by atoms with Gasteiger partial charge in [0.2, 0.25) is 0 Å². The first-order valence-corrected chi connectivity index (χ1v) is 15.5. The van der Waals surface area contributed by atoms with Gasteiger partial charge in [0, 0.05) is 17.9 Å². The van der Waals surface area contributed by atoms with Gasteiger partial charge in [-0.3, -0.25) is 14.4 Å². The van der Waals surface area contributed by atoms with Crippen LogP contribution in [0.2, 0.25) is 0 Å². The Morgan fingerprint density at radius 1 is 1.00 bits per heavy atom. The molecule has 3 heterocycles. The van der Waals surface area contributed by atoms with E-state index in [2.05, 4.69) is 6.58 Å². The van der Waals surface area contributed by atoms with Crippen molar-refractivity contribution in [3.8, 4) is 0 Å². The van der Waals surface area contributed by atoms with Crippen molar-refractivity contribution in [3.05, 3.63) is 12.7 Å². The predicted octanol–water partition coefficient (Wildman–Crippen LogP) is 3.07. The van der Waals surface area contributed by atoms with E-state index in [1.165, 1.54) is 13.8 Å². The van der Waals surface area contributed by atoms with E-state index >= 15 is 0 Å².